The third-order valence-corrected chi connectivity index (χ3v) is 5.00. The molecule has 0 saturated heterocycles. The van der Waals surface area contributed by atoms with Crippen LogP contribution in [-0.2, 0) is 5.41 Å². The maximum atomic E-state index is 5.94. The van der Waals surface area contributed by atoms with Crippen molar-refractivity contribution in [2.45, 2.75) is 45.1 Å². The van der Waals surface area contributed by atoms with Crippen LogP contribution in [0.3, 0.4) is 0 Å². The van der Waals surface area contributed by atoms with Gasteiger partial charge in [0.15, 0.2) is 0 Å². The second-order valence-corrected chi connectivity index (χ2v) is 5.88. The van der Waals surface area contributed by atoms with Crippen LogP contribution in [0, 0.1) is 0 Å². The molecule has 2 rings (SSSR count). The molecule has 0 radical (unpaired) electrons. The molecule has 1 atom stereocenters. The van der Waals surface area contributed by atoms with E-state index in [2.05, 4.69) is 49.6 Å². The topological polar surface area (TPSA) is 38.9 Å². The smallest absolute Gasteiger partial charge is 0.103 e. The predicted octanol–water partition coefficient (Wildman–Crippen LogP) is 4.27. The van der Waals surface area contributed by atoms with E-state index in [1.807, 2.05) is 6.92 Å². The Morgan fingerprint density at radius 1 is 1.21 bits per heavy atom. The molecule has 2 nitrogen and oxygen atoms in total. The van der Waals surface area contributed by atoms with Gasteiger partial charge in [-0.05, 0) is 25.3 Å². The lowest BCUT2D eigenvalue weighted by molar-refractivity contribution is 0.474. The van der Waals surface area contributed by atoms with Gasteiger partial charge in [-0.1, -0.05) is 44.2 Å². The van der Waals surface area contributed by atoms with E-state index in [4.69, 9.17) is 10.7 Å². The van der Waals surface area contributed by atoms with Crippen molar-refractivity contribution in [1.82, 2.24) is 4.98 Å². The van der Waals surface area contributed by atoms with Gasteiger partial charge in [-0.3, -0.25) is 0 Å². The fourth-order valence-corrected chi connectivity index (χ4v) is 3.85. The molecular formula is C16H22N2S. The normalized spacial score (nSPS) is 13.5. The predicted molar refractivity (Wildman–Crippen MR) is 82.5 cm³/mol. The Labute approximate surface area is 119 Å². The molecular weight excluding hydrogens is 252 g/mol. The lowest BCUT2D eigenvalue weighted by Crippen LogP contribution is -2.26. The Morgan fingerprint density at radius 2 is 1.84 bits per heavy atom. The maximum Gasteiger partial charge on any atom is 0.103 e. The number of benzene rings is 1. The number of aromatic nitrogens is 1. The second-order valence-electron chi connectivity index (χ2n) is 5.02. The summed E-state index contributed by atoms with van der Waals surface area (Å²) in [6.07, 6.45) is 2.11. The van der Waals surface area contributed by atoms with Gasteiger partial charge in [-0.2, -0.15) is 0 Å². The van der Waals surface area contributed by atoms with Gasteiger partial charge in [-0.25, -0.2) is 4.98 Å². The van der Waals surface area contributed by atoms with Gasteiger partial charge >= 0.3 is 0 Å². The quantitative estimate of drug-likeness (QED) is 0.884. The number of nitrogens with zero attached hydrogens (tertiary/aromatic N) is 1. The van der Waals surface area contributed by atoms with Crippen LogP contribution < -0.4 is 5.73 Å². The summed E-state index contributed by atoms with van der Waals surface area (Å²) in [6, 6.07) is 10.7. The van der Waals surface area contributed by atoms with Gasteiger partial charge in [-0.15, -0.1) is 11.3 Å². The molecule has 0 fully saturated rings. The van der Waals surface area contributed by atoms with Crippen LogP contribution in [0.4, 0.5) is 0 Å². The molecule has 0 aliphatic carbocycles. The Bertz CT molecular complexity index is 513. The van der Waals surface area contributed by atoms with E-state index in [1.54, 1.807) is 11.3 Å². The third kappa shape index (κ3) is 2.58. The minimum absolute atomic E-state index is 0.00665. The van der Waals surface area contributed by atoms with Crippen LogP contribution in [0.5, 0.6) is 0 Å². The maximum absolute atomic E-state index is 5.94. The van der Waals surface area contributed by atoms with Gasteiger partial charge in [0.05, 0.1) is 5.69 Å². The molecule has 0 bridgehead atoms. The molecule has 1 unspecified atom stereocenters. The van der Waals surface area contributed by atoms with Crippen LogP contribution in [0.25, 0.3) is 0 Å². The SMILES string of the molecule is CCC(CC)(c1ccccc1)c1nc(C(C)N)cs1. The highest BCUT2D eigenvalue weighted by Crippen LogP contribution is 2.40. The molecule has 0 aliphatic rings. The van der Waals surface area contributed by atoms with Gasteiger partial charge in [0, 0.05) is 16.8 Å². The van der Waals surface area contributed by atoms with Crippen molar-refractivity contribution in [3.63, 3.8) is 0 Å². The van der Waals surface area contributed by atoms with E-state index < -0.39 is 0 Å². The molecule has 0 saturated carbocycles. The van der Waals surface area contributed by atoms with Crippen molar-refractivity contribution >= 4 is 11.3 Å². The lowest BCUT2D eigenvalue weighted by Gasteiger charge is -2.30. The summed E-state index contributed by atoms with van der Waals surface area (Å²) in [4.78, 5) is 4.79. The second kappa shape index (κ2) is 5.85. The molecule has 0 amide bonds. The van der Waals surface area contributed by atoms with Crippen molar-refractivity contribution in [3.8, 4) is 0 Å². The highest BCUT2D eigenvalue weighted by molar-refractivity contribution is 7.09. The fourth-order valence-electron chi connectivity index (χ4n) is 2.56. The number of hydrogen-bond acceptors (Lipinski definition) is 3. The van der Waals surface area contributed by atoms with Crippen molar-refractivity contribution in [2.75, 3.05) is 0 Å². The van der Waals surface area contributed by atoms with E-state index in [1.165, 1.54) is 10.6 Å². The van der Waals surface area contributed by atoms with Crippen molar-refractivity contribution in [3.05, 3.63) is 52.0 Å². The summed E-state index contributed by atoms with van der Waals surface area (Å²) in [7, 11) is 0. The summed E-state index contributed by atoms with van der Waals surface area (Å²) in [5.74, 6) is 0. The summed E-state index contributed by atoms with van der Waals surface area (Å²) in [5.41, 5.74) is 8.32. The summed E-state index contributed by atoms with van der Waals surface area (Å²) >= 11 is 1.74. The van der Waals surface area contributed by atoms with E-state index in [-0.39, 0.29) is 11.5 Å². The van der Waals surface area contributed by atoms with Crippen LogP contribution in [0.1, 0.15) is 55.9 Å². The average Bonchev–Trinajstić information content (AvgIpc) is 2.93. The zero-order valence-electron chi connectivity index (χ0n) is 11.9. The van der Waals surface area contributed by atoms with Crippen LogP contribution in [-0.4, -0.2) is 4.98 Å². The van der Waals surface area contributed by atoms with Crippen LogP contribution >= 0.6 is 11.3 Å². The summed E-state index contributed by atoms with van der Waals surface area (Å²) in [6.45, 7) is 6.47. The first-order chi connectivity index (χ1) is 9.14. The van der Waals surface area contributed by atoms with Crippen LogP contribution in [0.15, 0.2) is 35.7 Å². The van der Waals surface area contributed by atoms with Gasteiger partial charge in [0.1, 0.15) is 5.01 Å². The van der Waals surface area contributed by atoms with Crippen molar-refractivity contribution in [1.29, 1.82) is 0 Å². The van der Waals surface area contributed by atoms with Gasteiger partial charge in [0.2, 0.25) is 0 Å². The number of nitrogens with two attached hydrogens (primary N) is 1. The number of hydrogen-bond donors (Lipinski definition) is 1. The zero-order valence-corrected chi connectivity index (χ0v) is 12.7. The van der Waals surface area contributed by atoms with Crippen LogP contribution in [0.2, 0.25) is 0 Å². The fraction of sp³-hybridized carbons (Fsp3) is 0.438. The minimum Gasteiger partial charge on any atom is -0.323 e. The molecule has 2 aromatic rings. The Balaban J connectivity index is 2.49. The molecule has 2 N–H and O–H groups in total. The Morgan fingerprint density at radius 3 is 2.32 bits per heavy atom. The first-order valence-electron chi connectivity index (χ1n) is 6.91. The van der Waals surface area contributed by atoms with Crippen molar-refractivity contribution in [2.24, 2.45) is 5.73 Å². The van der Waals surface area contributed by atoms with E-state index >= 15 is 0 Å². The summed E-state index contributed by atoms with van der Waals surface area (Å²) < 4.78 is 0. The first kappa shape index (κ1) is 14.2. The number of rotatable bonds is 5. The number of thiazole rings is 1. The van der Waals surface area contributed by atoms with E-state index in [0.29, 0.717) is 0 Å². The average molecular weight is 274 g/mol. The molecule has 1 aromatic carbocycles. The first-order valence-corrected chi connectivity index (χ1v) is 7.79. The molecule has 0 aliphatic heterocycles. The van der Waals surface area contributed by atoms with Gasteiger partial charge in [0.25, 0.3) is 0 Å². The summed E-state index contributed by atoms with van der Waals surface area (Å²) in [5, 5.41) is 3.29. The largest absolute Gasteiger partial charge is 0.323 e. The molecule has 19 heavy (non-hydrogen) atoms. The Hall–Kier alpha value is -1.19. The molecule has 0 spiro atoms. The van der Waals surface area contributed by atoms with Gasteiger partial charge < -0.3 is 5.73 Å². The Kier molecular flexibility index (Phi) is 4.38. The van der Waals surface area contributed by atoms with Crippen molar-refractivity contribution < 1.29 is 0 Å². The van der Waals surface area contributed by atoms with E-state index in [9.17, 15) is 0 Å². The third-order valence-electron chi connectivity index (χ3n) is 3.93. The monoisotopic (exact) mass is 274 g/mol. The molecule has 3 heteroatoms. The highest BCUT2D eigenvalue weighted by atomic mass is 32.1. The molecule has 1 aromatic heterocycles. The molecule has 1 heterocycles. The zero-order chi connectivity index (χ0) is 13.9. The highest BCUT2D eigenvalue weighted by Gasteiger charge is 2.33. The molecule has 102 valence electrons. The van der Waals surface area contributed by atoms with E-state index in [0.717, 1.165) is 18.5 Å². The minimum atomic E-state index is 0.00665. The lowest BCUT2D eigenvalue weighted by atomic mass is 9.76. The standard InChI is InChI=1S/C16H22N2S/c1-4-16(5-2,13-9-7-6-8-10-13)15-18-14(11-19-15)12(3)17/h6-12H,4-5,17H2,1-3H3.